The van der Waals surface area contributed by atoms with Crippen LogP contribution in [-0.2, 0) is 0 Å². The van der Waals surface area contributed by atoms with Crippen molar-refractivity contribution in [1.29, 1.82) is 0 Å². The number of nitrogens with zero attached hydrogens (tertiary/aromatic N) is 4. The first kappa shape index (κ1) is 17.7. The number of likely N-dealkylation sites (N-methyl/N-ethyl adjacent to an activating group) is 1. The van der Waals surface area contributed by atoms with Gasteiger partial charge in [0.2, 0.25) is 0 Å². The zero-order valence-electron chi connectivity index (χ0n) is 14.4. The molecule has 6 heteroatoms. The second-order valence-electron chi connectivity index (χ2n) is 6.01. The number of aromatic carboxylic acids is 1. The van der Waals surface area contributed by atoms with Crippen molar-refractivity contribution in [3.8, 4) is 0 Å². The smallest absolute Gasteiger partial charge is 0.354 e. The van der Waals surface area contributed by atoms with Crippen LogP contribution >= 0.6 is 0 Å². The predicted molar refractivity (Wildman–Crippen MR) is 95.7 cm³/mol. The monoisotopic (exact) mass is 328 g/mol. The van der Waals surface area contributed by atoms with Crippen LogP contribution in [0.15, 0.2) is 48.8 Å². The van der Waals surface area contributed by atoms with E-state index < -0.39 is 5.97 Å². The largest absolute Gasteiger partial charge is 0.477 e. The maximum absolute atomic E-state index is 10.6. The summed E-state index contributed by atoms with van der Waals surface area (Å²) in [5, 5.41) is 9.63. The molecule has 0 radical (unpaired) electrons. The Kier molecular flexibility index (Phi) is 6.14. The third-order valence-corrected chi connectivity index (χ3v) is 3.59. The highest BCUT2D eigenvalue weighted by molar-refractivity contribution is 5.89. The molecule has 1 aromatic heterocycles. The summed E-state index contributed by atoms with van der Waals surface area (Å²) in [5.74, 6) is -0.995. The minimum absolute atomic E-state index is 0.0821. The van der Waals surface area contributed by atoms with Gasteiger partial charge < -0.3 is 19.8 Å². The first-order valence-corrected chi connectivity index (χ1v) is 7.82. The van der Waals surface area contributed by atoms with Gasteiger partial charge in [-0.2, -0.15) is 0 Å². The van der Waals surface area contributed by atoms with Crippen LogP contribution in [0.1, 0.15) is 10.5 Å². The van der Waals surface area contributed by atoms with Gasteiger partial charge in [-0.25, -0.2) is 9.78 Å². The van der Waals surface area contributed by atoms with E-state index in [1.165, 1.54) is 6.07 Å². The highest BCUT2D eigenvalue weighted by Gasteiger charge is 2.07. The fourth-order valence-corrected chi connectivity index (χ4v) is 2.25. The number of fused-ring (bicyclic) bond motifs is 1. The van der Waals surface area contributed by atoms with Gasteiger partial charge in [0.15, 0.2) is 0 Å². The Bertz CT molecular complexity index is 715. The molecule has 0 aliphatic carbocycles. The summed E-state index contributed by atoms with van der Waals surface area (Å²) in [6.45, 7) is 3.28. The molecule has 2 aromatic rings. The maximum Gasteiger partial charge on any atom is 0.354 e. The van der Waals surface area contributed by atoms with Crippen LogP contribution in [0.25, 0.3) is 10.9 Å². The number of pyridine rings is 1. The van der Waals surface area contributed by atoms with Crippen molar-refractivity contribution in [2.75, 3.05) is 40.9 Å². The lowest BCUT2D eigenvalue weighted by atomic mass is 10.2. The summed E-state index contributed by atoms with van der Waals surface area (Å²) in [5.41, 5.74) is 0.793. The molecule has 1 aliphatic rings. The van der Waals surface area contributed by atoms with Crippen LogP contribution < -0.4 is 0 Å². The van der Waals surface area contributed by atoms with Crippen LogP contribution in [0.2, 0.25) is 0 Å². The molecule has 0 saturated carbocycles. The van der Waals surface area contributed by atoms with Crippen molar-refractivity contribution in [1.82, 2.24) is 19.7 Å². The Balaban J connectivity index is 0.000000177. The zero-order valence-corrected chi connectivity index (χ0v) is 14.4. The molecule has 0 unspecified atom stereocenters. The SMILES string of the molecule is CN(C)CCN1C=CN(C)C1.O=C(O)c1ccc2ccccc2n1. The molecule has 1 N–H and O–H groups in total. The average molecular weight is 328 g/mol. The zero-order chi connectivity index (χ0) is 17.5. The molecule has 128 valence electrons. The van der Waals surface area contributed by atoms with E-state index >= 15 is 0 Å². The molecule has 0 spiro atoms. The van der Waals surface area contributed by atoms with Gasteiger partial charge in [0.1, 0.15) is 5.69 Å². The van der Waals surface area contributed by atoms with Crippen molar-refractivity contribution in [2.45, 2.75) is 0 Å². The van der Waals surface area contributed by atoms with E-state index in [0.29, 0.717) is 5.52 Å². The standard InChI is InChI=1S/C10H7NO2.C8H17N3/c12-10(13)9-6-5-7-3-1-2-4-8(7)11-9;1-9(2)4-6-11-7-5-10(3)8-11/h1-6H,(H,12,13);5,7H,4,6,8H2,1-3H3. The fourth-order valence-electron chi connectivity index (χ4n) is 2.25. The Labute approximate surface area is 142 Å². The molecular weight excluding hydrogens is 304 g/mol. The molecule has 0 atom stereocenters. The normalized spacial score (nSPS) is 13.3. The van der Waals surface area contributed by atoms with Crippen molar-refractivity contribution in [3.05, 3.63) is 54.5 Å². The number of carbonyl (C=O) groups is 1. The summed E-state index contributed by atoms with van der Waals surface area (Å²) < 4.78 is 0. The number of carboxylic acid groups (broad SMARTS) is 1. The number of benzene rings is 1. The first-order valence-electron chi connectivity index (χ1n) is 7.82. The lowest BCUT2D eigenvalue weighted by molar-refractivity contribution is 0.0691. The van der Waals surface area contributed by atoms with Crippen molar-refractivity contribution in [3.63, 3.8) is 0 Å². The maximum atomic E-state index is 10.6. The van der Waals surface area contributed by atoms with Crippen molar-refractivity contribution >= 4 is 16.9 Å². The molecule has 0 saturated heterocycles. The van der Waals surface area contributed by atoms with Crippen LogP contribution in [0.4, 0.5) is 0 Å². The number of aromatic nitrogens is 1. The van der Waals surface area contributed by atoms with E-state index in [1.54, 1.807) is 12.1 Å². The average Bonchev–Trinajstić information content (AvgIpc) is 2.98. The van der Waals surface area contributed by atoms with Gasteiger partial charge in [0.05, 0.1) is 12.2 Å². The van der Waals surface area contributed by atoms with Gasteiger partial charge in [-0.3, -0.25) is 0 Å². The molecule has 1 aliphatic heterocycles. The quantitative estimate of drug-likeness (QED) is 0.928. The Morgan fingerprint density at radius 2 is 1.96 bits per heavy atom. The second-order valence-corrected chi connectivity index (χ2v) is 6.01. The van der Waals surface area contributed by atoms with Gasteiger partial charge in [-0.15, -0.1) is 0 Å². The van der Waals surface area contributed by atoms with Crippen LogP contribution in [0, 0.1) is 0 Å². The molecule has 3 rings (SSSR count). The Hall–Kier alpha value is -2.60. The summed E-state index contributed by atoms with van der Waals surface area (Å²) in [6.07, 6.45) is 4.25. The molecule has 24 heavy (non-hydrogen) atoms. The minimum atomic E-state index is -0.995. The summed E-state index contributed by atoms with van der Waals surface area (Å²) in [7, 11) is 6.29. The number of rotatable bonds is 4. The third-order valence-electron chi connectivity index (χ3n) is 3.59. The van der Waals surface area contributed by atoms with Gasteiger partial charge in [-0.05, 0) is 26.2 Å². The van der Waals surface area contributed by atoms with Crippen LogP contribution in [0.5, 0.6) is 0 Å². The van der Waals surface area contributed by atoms with E-state index in [9.17, 15) is 4.79 Å². The van der Waals surface area contributed by atoms with E-state index in [-0.39, 0.29) is 5.69 Å². The predicted octanol–water partition coefficient (Wildman–Crippen LogP) is 2.16. The molecule has 6 nitrogen and oxygen atoms in total. The lowest BCUT2D eigenvalue weighted by Crippen LogP contribution is -2.29. The van der Waals surface area contributed by atoms with E-state index in [1.807, 2.05) is 18.2 Å². The second kappa shape index (κ2) is 8.31. The van der Waals surface area contributed by atoms with Gasteiger partial charge in [0, 0.05) is 37.9 Å². The Morgan fingerprint density at radius 3 is 2.58 bits per heavy atom. The molecule has 0 amide bonds. The number of carboxylic acids is 1. The lowest BCUT2D eigenvalue weighted by Gasteiger charge is -2.19. The van der Waals surface area contributed by atoms with Crippen molar-refractivity contribution in [2.24, 2.45) is 0 Å². The number of para-hydroxylation sites is 1. The molecule has 0 fully saturated rings. The topological polar surface area (TPSA) is 59.9 Å². The molecule has 0 bridgehead atoms. The summed E-state index contributed by atoms with van der Waals surface area (Å²) >= 11 is 0. The summed E-state index contributed by atoms with van der Waals surface area (Å²) in [4.78, 5) is 21.2. The highest BCUT2D eigenvalue weighted by Crippen LogP contribution is 2.11. The fraction of sp³-hybridized carbons (Fsp3) is 0.333. The van der Waals surface area contributed by atoms with E-state index in [2.05, 4.69) is 53.2 Å². The number of hydrogen-bond donors (Lipinski definition) is 1. The number of hydrogen-bond acceptors (Lipinski definition) is 5. The van der Waals surface area contributed by atoms with E-state index in [4.69, 9.17) is 5.11 Å². The van der Waals surface area contributed by atoms with Crippen molar-refractivity contribution < 1.29 is 9.90 Å². The van der Waals surface area contributed by atoms with E-state index in [0.717, 1.165) is 25.1 Å². The van der Waals surface area contributed by atoms with Crippen LogP contribution in [-0.4, -0.2) is 71.7 Å². The van der Waals surface area contributed by atoms with Crippen LogP contribution in [0.3, 0.4) is 0 Å². The summed E-state index contributed by atoms with van der Waals surface area (Å²) in [6, 6.07) is 10.7. The highest BCUT2D eigenvalue weighted by atomic mass is 16.4. The molecule has 1 aromatic carbocycles. The van der Waals surface area contributed by atoms with Gasteiger partial charge in [0.25, 0.3) is 0 Å². The van der Waals surface area contributed by atoms with Gasteiger partial charge in [-0.1, -0.05) is 24.3 Å². The van der Waals surface area contributed by atoms with Gasteiger partial charge >= 0.3 is 5.97 Å². The molecule has 2 heterocycles. The first-order chi connectivity index (χ1) is 11.5. The third kappa shape index (κ3) is 5.24. The molecular formula is C18H24N4O2. The Morgan fingerprint density at radius 1 is 1.21 bits per heavy atom. The minimum Gasteiger partial charge on any atom is -0.477 e.